The Balaban J connectivity index is 2.01. The second-order valence-corrected chi connectivity index (χ2v) is 6.70. The highest BCUT2D eigenvalue weighted by atomic mass is 32.2. The Bertz CT molecular complexity index is 678. The minimum absolute atomic E-state index is 0.0829. The highest BCUT2D eigenvalue weighted by molar-refractivity contribution is 8.00. The molecule has 0 saturated carbocycles. The van der Waals surface area contributed by atoms with Crippen molar-refractivity contribution in [3.63, 3.8) is 0 Å². The Kier molecular flexibility index (Phi) is 3.77. The summed E-state index contributed by atoms with van der Waals surface area (Å²) in [6.45, 7) is 6.23. The van der Waals surface area contributed by atoms with Gasteiger partial charge < -0.3 is 0 Å². The van der Waals surface area contributed by atoms with Crippen molar-refractivity contribution >= 4 is 23.4 Å². The van der Waals surface area contributed by atoms with Crippen LogP contribution in [0, 0.1) is 20.8 Å². The number of hydrogen-bond donors (Lipinski definition) is 0. The van der Waals surface area contributed by atoms with Crippen LogP contribution < -0.4 is 4.90 Å². The van der Waals surface area contributed by atoms with Crippen LogP contribution in [-0.4, -0.2) is 11.7 Å². The number of amides is 1. The standard InChI is InChI=1S/C18H19NOS/c1-12-4-7-15(8-5-12)18-19(17(20)11-21-18)16-9-6-13(2)10-14(16)3/h4-10,18H,11H2,1-3H3. The molecule has 0 bridgehead atoms. The number of thioether (sulfide) groups is 1. The van der Waals surface area contributed by atoms with Gasteiger partial charge in [-0.15, -0.1) is 11.8 Å². The Morgan fingerprint density at radius 2 is 1.67 bits per heavy atom. The fourth-order valence-electron chi connectivity index (χ4n) is 2.74. The molecular weight excluding hydrogens is 278 g/mol. The first-order valence-electron chi connectivity index (χ1n) is 7.14. The third-order valence-electron chi connectivity index (χ3n) is 3.84. The molecule has 1 unspecified atom stereocenters. The van der Waals surface area contributed by atoms with E-state index in [1.807, 2.05) is 4.90 Å². The highest BCUT2D eigenvalue weighted by Crippen LogP contribution is 2.42. The molecule has 0 N–H and O–H groups in total. The third kappa shape index (κ3) is 2.70. The number of nitrogens with zero attached hydrogens (tertiary/aromatic N) is 1. The quantitative estimate of drug-likeness (QED) is 0.819. The minimum atomic E-state index is 0.0829. The van der Waals surface area contributed by atoms with Crippen LogP contribution >= 0.6 is 11.8 Å². The van der Waals surface area contributed by atoms with Gasteiger partial charge in [-0.25, -0.2) is 0 Å². The van der Waals surface area contributed by atoms with Crippen molar-refractivity contribution in [1.82, 2.24) is 0 Å². The fourth-order valence-corrected chi connectivity index (χ4v) is 3.91. The predicted molar refractivity (Wildman–Crippen MR) is 89.8 cm³/mol. The molecule has 108 valence electrons. The highest BCUT2D eigenvalue weighted by Gasteiger charge is 2.34. The summed E-state index contributed by atoms with van der Waals surface area (Å²) >= 11 is 1.70. The average molecular weight is 297 g/mol. The second-order valence-electron chi connectivity index (χ2n) is 5.63. The maximum Gasteiger partial charge on any atom is 0.238 e. The van der Waals surface area contributed by atoms with Gasteiger partial charge in [0.15, 0.2) is 0 Å². The molecule has 0 radical (unpaired) electrons. The van der Waals surface area contributed by atoms with Crippen LogP contribution in [0.3, 0.4) is 0 Å². The van der Waals surface area contributed by atoms with Gasteiger partial charge in [-0.2, -0.15) is 0 Å². The minimum Gasteiger partial charge on any atom is -0.295 e. The molecule has 0 spiro atoms. The lowest BCUT2D eigenvalue weighted by atomic mass is 10.1. The van der Waals surface area contributed by atoms with E-state index >= 15 is 0 Å². The number of benzene rings is 2. The summed E-state index contributed by atoms with van der Waals surface area (Å²) < 4.78 is 0. The molecule has 1 saturated heterocycles. The lowest BCUT2D eigenvalue weighted by Crippen LogP contribution is -2.28. The molecular formula is C18H19NOS. The topological polar surface area (TPSA) is 20.3 Å². The van der Waals surface area contributed by atoms with E-state index in [1.165, 1.54) is 16.7 Å². The summed E-state index contributed by atoms with van der Waals surface area (Å²) in [4.78, 5) is 14.3. The van der Waals surface area contributed by atoms with Gasteiger partial charge in [0.2, 0.25) is 5.91 Å². The molecule has 3 heteroatoms. The molecule has 1 fully saturated rings. The predicted octanol–water partition coefficient (Wildman–Crippen LogP) is 4.39. The SMILES string of the molecule is Cc1ccc(C2SCC(=O)N2c2ccc(C)cc2C)cc1. The molecule has 1 heterocycles. The fraction of sp³-hybridized carbons (Fsp3) is 0.278. The van der Waals surface area contributed by atoms with Crippen molar-refractivity contribution in [2.45, 2.75) is 26.1 Å². The molecule has 21 heavy (non-hydrogen) atoms. The lowest BCUT2D eigenvalue weighted by molar-refractivity contribution is -0.115. The lowest BCUT2D eigenvalue weighted by Gasteiger charge is -2.26. The molecule has 1 amide bonds. The van der Waals surface area contributed by atoms with Crippen molar-refractivity contribution in [3.05, 3.63) is 64.7 Å². The van der Waals surface area contributed by atoms with Crippen LogP contribution in [0.25, 0.3) is 0 Å². The third-order valence-corrected chi connectivity index (χ3v) is 5.05. The van der Waals surface area contributed by atoms with Gasteiger partial charge >= 0.3 is 0 Å². The number of anilines is 1. The van der Waals surface area contributed by atoms with Crippen LogP contribution in [0.15, 0.2) is 42.5 Å². The van der Waals surface area contributed by atoms with E-state index in [0.29, 0.717) is 5.75 Å². The van der Waals surface area contributed by atoms with Crippen LogP contribution in [-0.2, 0) is 4.79 Å². The van der Waals surface area contributed by atoms with Crippen LogP contribution in [0.4, 0.5) is 5.69 Å². The van der Waals surface area contributed by atoms with Crippen molar-refractivity contribution in [2.24, 2.45) is 0 Å². The number of carbonyl (C=O) groups excluding carboxylic acids is 1. The summed E-state index contributed by atoms with van der Waals surface area (Å²) in [5.41, 5.74) is 5.84. The molecule has 0 aromatic heterocycles. The van der Waals surface area contributed by atoms with Crippen molar-refractivity contribution in [1.29, 1.82) is 0 Å². The van der Waals surface area contributed by atoms with Crippen molar-refractivity contribution in [2.75, 3.05) is 10.7 Å². The number of rotatable bonds is 2. The molecule has 1 atom stereocenters. The van der Waals surface area contributed by atoms with Crippen molar-refractivity contribution in [3.8, 4) is 0 Å². The summed E-state index contributed by atoms with van der Waals surface area (Å²) in [6.07, 6.45) is 0. The van der Waals surface area contributed by atoms with Gasteiger partial charge in [0, 0.05) is 5.69 Å². The molecule has 0 aliphatic carbocycles. The monoisotopic (exact) mass is 297 g/mol. The van der Waals surface area contributed by atoms with E-state index in [9.17, 15) is 4.79 Å². The molecule has 2 nitrogen and oxygen atoms in total. The number of hydrogen-bond acceptors (Lipinski definition) is 2. The van der Waals surface area contributed by atoms with E-state index in [4.69, 9.17) is 0 Å². The maximum atomic E-state index is 12.4. The summed E-state index contributed by atoms with van der Waals surface area (Å²) in [7, 11) is 0. The summed E-state index contributed by atoms with van der Waals surface area (Å²) in [5.74, 6) is 0.740. The first-order chi connectivity index (χ1) is 10.1. The normalized spacial score (nSPS) is 18.3. The van der Waals surface area contributed by atoms with E-state index in [1.54, 1.807) is 11.8 Å². The van der Waals surface area contributed by atoms with Crippen LogP contribution in [0.5, 0.6) is 0 Å². The van der Waals surface area contributed by atoms with Gasteiger partial charge in [-0.3, -0.25) is 9.69 Å². The van der Waals surface area contributed by atoms with E-state index in [-0.39, 0.29) is 11.3 Å². The largest absolute Gasteiger partial charge is 0.295 e. The van der Waals surface area contributed by atoms with Crippen LogP contribution in [0.1, 0.15) is 27.6 Å². The maximum absolute atomic E-state index is 12.4. The Hall–Kier alpha value is -1.74. The molecule has 1 aliphatic heterocycles. The molecule has 2 aromatic carbocycles. The molecule has 1 aliphatic rings. The molecule has 3 rings (SSSR count). The summed E-state index contributed by atoms with van der Waals surface area (Å²) in [6, 6.07) is 14.8. The molecule has 2 aromatic rings. The van der Waals surface area contributed by atoms with Gasteiger partial charge in [0.05, 0.1) is 5.75 Å². The van der Waals surface area contributed by atoms with Gasteiger partial charge in [0.25, 0.3) is 0 Å². The Labute approximate surface area is 130 Å². The zero-order valence-corrected chi connectivity index (χ0v) is 13.4. The smallest absolute Gasteiger partial charge is 0.238 e. The summed E-state index contributed by atoms with van der Waals surface area (Å²) in [5, 5.41) is 0.0829. The number of carbonyl (C=O) groups is 1. The van der Waals surface area contributed by atoms with E-state index in [2.05, 4.69) is 63.2 Å². The first kappa shape index (κ1) is 14.2. The average Bonchev–Trinajstić information content (AvgIpc) is 2.82. The zero-order valence-electron chi connectivity index (χ0n) is 12.6. The Morgan fingerprint density at radius 3 is 2.33 bits per heavy atom. The van der Waals surface area contributed by atoms with E-state index < -0.39 is 0 Å². The van der Waals surface area contributed by atoms with Gasteiger partial charge in [-0.1, -0.05) is 47.5 Å². The zero-order chi connectivity index (χ0) is 15.0. The van der Waals surface area contributed by atoms with Gasteiger partial charge in [-0.05, 0) is 38.0 Å². The first-order valence-corrected chi connectivity index (χ1v) is 8.18. The Morgan fingerprint density at radius 1 is 1.00 bits per heavy atom. The second kappa shape index (κ2) is 5.57. The van der Waals surface area contributed by atoms with E-state index in [0.717, 1.165) is 11.3 Å². The van der Waals surface area contributed by atoms with Crippen molar-refractivity contribution < 1.29 is 4.79 Å². The number of aryl methyl sites for hydroxylation is 3. The van der Waals surface area contributed by atoms with Gasteiger partial charge in [0.1, 0.15) is 5.37 Å². The van der Waals surface area contributed by atoms with Crippen LogP contribution in [0.2, 0.25) is 0 Å².